The summed E-state index contributed by atoms with van der Waals surface area (Å²) < 4.78 is 4.76. The van der Waals surface area contributed by atoms with E-state index in [2.05, 4.69) is 13.8 Å². The summed E-state index contributed by atoms with van der Waals surface area (Å²) in [4.78, 5) is 22.7. The van der Waals surface area contributed by atoms with E-state index in [-0.39, 0.29) is 11.9 Å². The van der Waals surface area contributed by atoms with Crippen LogP contribution in [0.4, 0.5) is 0 Å². The minimum absolute atomic E-state index is 0.352. The molecule has 0 fully saturated rings. The van der Waals surface area contributed by atoms with Gasteiger partial charge < -0.3 is 4.74 Å². The Morgan fingerprint density at radius 3 is 1.53 bits per heavy atom. The number of carbonyl (C=O) groups is 2. The second-order valence-corrected chi connectivity index (χ2v) is 5.17. The first-order valence-corrected chi connectivity index (χ1v) is 7.94. The highest BCUT2D eigenvalue weighted by atomic mass is 16.6. The molecule has 0 saturated heterocycles. The molecule has 0 aliphatic carbocycles. The minimum atomic E-state index is -0.360. The monoisotopic (exact) mass is 270 g/mol. The van der Waals surface area contributed by atoms with Gasteiger partial charge in [-0.1, -0.05) is 65.2 Å². The molecule has 0 atom stereocenters. The van der Waals surface area contributed by atoms with Gasteiger partial charge in [0.1, 0.15) is 0 Å². The van der Waals surface area contributed by atoms with Crippen LogP contribution in [-0.2, 0) is 14.3 Å². The van der Waals surface area contributed by atoms with E-state index in [1.165, 1.54) is 32.1 Å². The molecule has 19 heavy (non-hydrogen) atoms. The van der Waals surface area contributed by atoms with E-state index >= 15 is 0 Å². The quantitative estimate of drug-likeness (QED) is 0.291. The summed E-state index contributed by atoms with van der Waals surface area (Å²) in [5, 5.41) is 0. The second-order valence-electron chi connectivity index (χ2n) is 5.17. The van der Waals surface area contributed by atoms with Crippen LogP contribution in [0.3, 0.4) is 0 Å². The first-order chi connectivity index (χ1) is 9.20. The van der Waals surface area contributed by atoms with Gasteiger partial charge in [0.05, 0.1) is 0 Å². The van der Waals surface area contributed by atoms with Crippen LogP contribution in [0.5, 0.6) is 0 Å². The normalized spacial score (nSPS) is 10.4. The molecular weight excluding hydrogens is 240 g/mol. The average Bonchev–Trinajstić information content (AvgIpc) is 2.38. The summed E-state index contributed by atoms with van der Waals surface area (Å²) >= 11 is 0. The highest BCUT2D eigenvalue weighted by Gasteiger charge is 2.09. The SMILES string of the molecule is CCCCCCCCCC(=O)OC(=O)CCCCC. The Bertz CT molecular complexity index is 236. The molecule has 3 nitrogen and oxygen atoms in total. The van der Waals surface area contributed by atoms with Crippen LogP contribution in [0.1, 0.15) is 90.9 Å². The molecule has 0 unspecified atom stereocenters. The predicted molar refractivity (Wildman–Crippen MR) is 77.9 cm³/mol. The van der Waals surface area contributed by atoms with E-state index in [0.29, 0.717) is 12.8 Å². The molecule has 0 saturated carbocycles. The van der Waals surface area contributed by atoms with Crippen molar-refractivity contribution in [3.05, 3.63) is 0 Å². The van der Waals surface area contributed by atoms with Crippen molar-refractivity contribution in [1.82, 2.24) is 0 Å². The Hall–Kier alpha value is -0.860. The highest BCUT2D eigenvalue weighted by molar-refractivity contribution is 5.85. The molecule has 0 bridgehead atoms. The minimum Gasteiger partial charge on any atom is -0.393 e. The number of unbranched alkanes of at least 4 members (excludes halogenated alkanes) is 8. The molecule has 0 aliphatic rings. The Morgan fingerprint density at radius 2 is 1.00 bits per heavy atom. The number of ether oxygens (including phenoxy) is 1. The summed E-state index contributed by atoms with van der Waals surface area (Å²) in [7, 11) is 0. The van der Waals surface area contributed by atoms with Crippen LogP contribution in [0.25, 0.3) is 0 Å². The van der Waals surface area contributed by atoms with Crippen LogP contribution < -0.4 is 0 Å². The zero-order valence-corrected chi connectivity index (χ0v) is 12.7. The molecule has 0 aromatic rings. The molecule has 0 spiro atoms. The van der Waals surface area contributed by atoms with Gasteiger partial charge in [-0.2, -0.15) is 0 Å². The topological polar surface area (TPSA) is 43.4 Å². The molecule has 0 amide bonds. The van der Waals surface area contributed by atoms with E-state index in [4.69, 9.17) is 4.74 Å². The van der Waals surface area contributed by atoms with Gasteiger partial charge in [0.2, 0.25) is 0 Å². The van der Waals surface area contributed by atoms with Crippen LogP contribution in [-0.4, -0.2) is 11.9 Å². The second kappa shape index (κ2) is 13.6. The van der Waals surface area contributed by atoms with Crippen molar-refractivity contribution in [2.45, 2.75) is 90.9 Å². The third-order valence-electron chi connectivity index (χ3n) is 3.20. The lowest BCUT2D eigenvalue weighted by Crippen LogP contribution is -2.11. The molecule has 112 valence electrons. The lowest BCUT2D eigenvalue weighted by molar-refractivity contribution is -0.159. The largest absolute Gasteiger partial charge is 0.393 e. The van der Waals surface area contributed by atoms with E-state index in [1.807, 2.05) is 0 Å². The fourth-order valence-corrected chi connectivity index (χ4v) is 1.97. The van der Waals surface area contributed by atoms with Gasteiger partial charge >= 0.3 is 11.9 Å². The zero-order valence-electron chi connectivity index (χ0n) is 12.7. The van der Waals surface area contributed by atoms with Crippen LogP contribution in [0.15, 0.2) is 0 Å². The van der Waals surface area contributed by atoms with Crippen molar-refractivity contribution in [3.8, 4) is 0 Å². The van der Waals surface area contributed by atoms with Gasteiger partial charge in [0.25, 0.3) is 0 Å². The number of esters is 2. The van der Waals surface area contributed by atoms with Crippen molar-refractivity contribution in [3.63, 3.8) is 0 Å². The summed E-state index contributed by atoms with van der Waals surface area (Å²) in [5.74, 6) is -0.712. The van der Waals surface area contributed by atoms with Gasteiger partial charge in [0, 0.05) is 12.8 Å². The van der Waals surface area contributed by atoms with Gasteiger partial charge in [-0.3, -0.25) is 9.59 Å². The van der Waals surface area contributed by atoms with E-state index in [1.54, 1.807) is 0 Å². The number of rotatable bonds is 12. The Labute approximate surface area is 118 Å². The molecule has 0 aromatic carbocycles. The highest BCUT2D eigenvalue weighted by Crippen LogP contribution is 2.09. The van der Waals surface area contributed by atoms with Crippen LogP contribution in [0.2, 0.25) is 0 Å². The first-order valence-electron chi connectivity index (χ1n) is 7.94. The lowest BCUT2D eigenvalue weighted by atomic mass is 10.1. The molecular formula is C16H30O3. The molecule has 3 heteroatoms. The van der Waals surface area contributed by atoms with Gasteiger partial charge in [-0.05, 0) is 12.8 Å². The lowest BCUT2D eigenvalue weighted by Gasteiger charge is -2.03. The predicted octanol–water partition coefficient (Wildman–Crippen LogP) is 4.78. The van der Waals surface area contributed by atoms with Gasteiger partial charge in [0.15, 0.2) is 0 Å². The number of hydrogen-bond acceptors (Lipinski definition) is 3. The number of carbonyl (C=O) groups excluding carboxylic acids is 2. The van der Waals surface area contributed by atoms with Crippen molar-refractivity contribution >= 4 is 11.9 Å². The summed E-state index contributed by atoms with van der Waals surface area (Å²) in [5.41, 5.74) is 0. The zero-order chi connectivity index (χ0) is 14.3. The van der Waals surface area contributed by atoms with E-state index < -0.39 is 0 Å². The smallest absolute Gasteiger partial charge is 0.313 e. The van der Waals surface area contributed by atoms with E-state index in [0.717, 1.165) is 32.1 Å². The third kappa shape index (κ3) is 13.4. The van der Waals surface area contributed by atoms with Crippen molar-refractivity contribution in [1.29, 1.82) is 0 Å². The molecule has 0 aliphatic heterocycles. The van der Waals surface area contributed by atoms with Crippen LogP contribution >= 0.6 is 0 Å². The fraction of sp³-hybridized carbons (Fsp3) is 0.875. The van der Waals surface area contributed by atoms with E-state index in [9.17, 15) is 9.59 Å². The van der Waals surface area contributed by atoms with Gasteiger partial charge in [-0.25, -0.2) is 0 Å². The van der Waals surface area contributed by atoms with Gasteiger partial charge in [-0.15, -0.1) is 0 Å². The molecule has 0 radical (unpaired) electrons. The Morgan fingerprint density at radius 1 is 0.632 bits per heavy atom. The first kappa shape index (κ1) is 18.1. The van der Waals surface area contributed by atoms with Crippen molar-refractivity contribution in [2.24, 2.45) is 0 Å². The third-order valence-corrected chi connectivity index (χ3v) is 3.20. The maximum Gasteiger partial charge on any atom is 0.313 e. The fourth-order valence-electron chi connectivity index (χ4n) is 1.97. The standard InChI is InChI=1S/C16H30O3/c1-3-5-7-8-9-10-12-14-16(18)19-15(17)13-11-6-4-2/h3-14H2,1-2H3. The Balaban J connectivity index is 3.36. The van der Waals surface area contributed by atoms with Crippen molar-refractivity contribution in [2.75, 3.05) is 0 Å². The molecule has 0 rings (SSSR count). The Kier molecular flexibility index (Phi) is 13.0. The summed E-state index contributed by atoms with van der Waals surface area (Å²) in [6.45, 7) is 4.28. The maximum atomic E-state index is 11.4. The number of hydrogen-bond donors (Lipinski definition) is 0. The molecule has 0 N–H and O–H groups in total. The van der Waals surface area contributed by atoms with Crippen molar-refractivity contribution < 1.29 is 14.3 Å². The van der Waals surface area contributed by atoms with Crippen LogP contribution in [0, 0.1) is 0 Å². The molecule has 0 aromatic heterocycles. The molecule has 0 heterocycles. The average molecular weight is 270 g/mol. The maximum absolute atomic E-state index is 11.4. The summed E-state index contributed by atoms with van der Waals surface area (Å²) in [6.07, 6.45) is 11.8. The summed E-state index contributed by atoms with van der Waals surface area (Å²) in [6, 6.07) is 0.